The number of aromatic nitrogens is 4. The molecule has 0 aliphatic carbocycles. The molecule has 0 saturated carbocycles. The smallest absolute Gasteiger partial charge is 0.257 e. The lowest BCUT2D eigenvalue weighted by Crippen LogP contribution is -2.49. The van der Waals surface area contributed by atoms with Crippen LogP contribution >= 0.6 is 0 Å². The molecular weight excluding hydrogens is 412 g/mol. The number of benzene rings is 2. The quantitative estimate of drug-likeness (QED) is 0.476. The molecule has 7 nitrogen and oxygen atoms in total. The molecule has 3 heterocycles. The van der Waals surface area contributed by atoms with Crippen LogP contribution in [0, 0.1) is 6.92 Å². The molecule has 33 heavy (non-hydrogen) atoms. The molecule has 7 heteroatoms. The Morgan fingerprint density at radius 3 is 2.27 bits per heavy atom. The summed E-state index contributed by atoms with van der Waals surface area (Å²) in [7, 11) is 0. The van der Waals surface area contributed by atoms with E-state index in [0.717, 1.165) is 16.8 Å². The monoisotopic (exact) mass is 438 g/mol. The van der Waals surface area contributed by atoms with E-state index in [2.05, 4.69) is 46.1 Å². The predicted octanol–water partition coefficient (Wildman–Crippen LogP) is 3.66. The Hall–Kier alpha value is -4.00. The van der Waals surface area contributed by atoms with Gasteiger partial charge in [0.05, 0.1) is 12.1 Å². The molecule has 1 aliphatic rings. The van der Waals surface area contributed by atoms with Gasteiger partial charge in [-0.05, 0) is 18.6 Å². The van der Waals surface area contributed by atoms with Crippen molar-refractivity contribution < 1.29 is 4.79 Å². The number of aryl methyl sites for hydroxylation is 1. The maximum absolute atomic E-state index is 13.6. The zero-order valence-electron chi connectivity index (χ0n) is 18.6. The van der Waals surface area contributed by atoms with Gasteiger partial charge in [0.2, 0.25) is 5.95 Å². The molecule has 0 radical (unpaired) electrons. The molecule has 0 N–H and O–H groups in total. The Bertz CT molecular complexity index is 1210. The zero-order chi connectivity index (χ0) is 22.6. The van der Waals surface area contributed by atoms with Crippen LogP contribution in [0.5, 0.6) is 0 Å². The fourth-order valence-corrected chi connectivity index (χ4v) is 4.09. The standard InChI is InChI=1S/C26H26N6O/c1-20-8-10-22(11-9-20)24-23(19-32(29-24)18-21-6-3-2-4-7-21)25(33)30-14-16-31(17-15-30)26-27-12-5-13-28-26/h2-13,19H,14-18H2,1H3. The van der Waals surface area contributed by atoms with Crippen LogP contribution in [0.2, 0.25) is 0 Å². The Morgan fingerprint density at radius 1 is 0.879 bits per heavy atom. The minimum atomic E-state index is 0.0125. The van der Waals surface area contributed by atoms with E-state index in [1.165, 1.54) is 5.56 Å². The van der Waals surface area contributed by atoms with Crippen molar-refractivity contribution in [1.29, 1.82) is 0 Å². The third kappa shape index (κ3) is 4.62. The highest BCUT2D eigenvalue weighted by atomic mass is 16.2. The van der Waals surface area contributed by atoms with Crippen LogP contribution in [-0.2, 0) is 6.54 Å². The van der Waals surface area contributed by atoms with Gasteiger partial charge in [-0.1, -0.05) is 60.2 Å². The molecule has 2 aromatic carbocycles. The van der Waals surface area contributed by atoms with Gasteiger partial charge < -0.3 is 9.80 Å². The van der Waals surface area contributed by atoms with Crippen molar-refractivity contribution in [3.8, 4) is 11.3 Å². The van der Waals surface area contributed by atoms with Gasteiger partial charge in [0.1, 0.15) is 5.69 Å². The first-order chi connectivity index (χ1) is 16.2. The van der Waals surface area contributed by atoms with Crippen molar-refractivity contribution in [3.05, 3.63) is 95.9 Å². The second-order valence-corrected chi connectivity index (χ2v) is 8.27. The van der Waals surface area contributed by atoms with Crippen molar-refractivity contribution in [2.75, 3.05) is 31.1 Å². The van der Waals surface area contributed by atoms with E-state index in [1.54, 1.807) is 12.4 Å². The first-order valence-electron chi connectivity index (χ1n) is 11.2. The summed E-state index contributed by atoms with van der Waals surface area (Å²) < 4.78 is 1.87. The minimum Gasteiger partial charge on any atom is -0.337 e. The van der Waals surface area contributed by atoms with Crippen LogP contribution in [-0.4, -0.2) is 56.7 Å². The topological polar surface area (TPSA) is 67.2 Å². The van der Waals surface area contributed by atoms with Gasteiger partial charge in [-0.3, -0.25) is 9.48 Å². The summed E-state index contributed by atoms with van der Waals surface area (Å²) >= 11 is 0. The lowest BCUT2D eigenvalue weighted by Gasteiger charge is -2.34. The first kappa shape index (κ1) is 20.9. The van der Waals surface area contributed by atoms with E-state index in [9.17, 15) is 4.79 Å². The molecular formula is C26H26N6O. The summed E-state index contributed by atoms with van der Waals surface area (Å²) in [4.78, 5) is 26.3. The minimum absolute atomic E-state index is 0.0125. The zero-order valence-corrected chi connectivity index (χ0v) is 18.6. The average molecular weight is 439 g/mol. The molecule has 1 fully saturated rings. The van der Waals surface area contributed by atoms with Crippen molar-refractivity contribution >= 4 is 11.9 Å². The molecule has 0 atom stereocenters. The van der Waals surface area contributed by atoms with E-state index in [4.69, 9.17) is 5.10 Å². The molecule has 166 valence electrons. The third-order valence-electron chi connectivity index (χ3n) is 5.91. The number of carbonyl (C=O) groups is 1. The molecule has 5 rings (SSSR count). The maximum atomic E-state index is 13.6. The van der Waals surface area contributed by atoms with E-state index in [1.807, 2.05) is 52.2 Å². The van der Waals surface area contributed by atoms with Crippen LogP contribution in [0.25, 0.3) is 11.3 Å². The van der Waals surface area contributed by atoms with Gasteiger partial charge in [-0.25, -0.2) is 9.97 Å². The summed E-state index contributed by atoms with van der Waals surface area (Å²) in [6.07, 6.45) is 5.38. The van der Waals surface area contributed by atoms with Crippen LogP contribution in [0.15, 0.2) is 79.3 Å². The second kappa shape index (κ2) is 9.24. The molecule has 1 aliphatic heterocycles. The van der Waals surface area contributed by atoms with Gasteiger partial charge in [-0.15, -0.1) is 0 Å². The number of hydrogen-bond donors (Lipinski definition) is 0. The van der Waals surface area contributed by atoms with Crippen LogP contribution < -0.4 is 4.90 Å². The first-order valence-corrected chi connectivity index (χ1v) is 11.2. The van der Waals surface area contributed by atoms with Crippen molar-refractivity contribution in [2.45, 2.75) is 13.5 Å². The van der Waals surface area contributed by atoms with Gasteiger partial charge in [0, 0.05) is 50.3 Å². The summed E-state index contributed by atoms with van der Waals surface area (Å²) in [6.45, 7) is 5.32. The summed E-state index contributed by atoms with van der Waals surface area (Å²) in [5.74, 6) is 0.721. The highest BCUT2D eigenvalue weighted by Gasteiger charge is 2.27. The highest BCUT2D eigenvalue weighted by Crippen LogP contribution is 2.25. The van der Waals surface area contributed by atoms with Crippen molar-refractivity contribution in [2.24, 2.45) is 0 Å². The van der Waals surface area contributed by atoms with E-state index in [-0.39, 0.29) is 5.91 Å². The number of rotatable bonds is 5. The fourth-order valence-electron chi connectivity index (χ4n) is 4.09. The normalized spacial score (nSPS) is 13.8. The second-order valence-electron chi connectivity index (χ2n) is 8.27. The Kier molecular flexibility index (Phi) is 5.85. The molecule has 0 spiro atoms. The largest absolute Gasteiger partial charge is 0.337 e. The van der Waals surface area contributed by atoms with E-state index in [0.29, 0.717) is 44.2 Å². The summed E-state index contributed by atoms with van der Waals surface area (Å²) in [6, 6.07) is 20.2. The number of piperazine rings is 1. The number of nitrogens with zero attached hydrogens (tertiary/aromatic N) is 6. The van der Waals surface area contributed by atoms with Crippen molar-refractivity contribution in [3.63, 3.8) is 0 Å². The number of amides is 1. The Balaban J connectivity index is 1.40. The molecule has 0 bridgehead atoms. The predicted molar refractivity (Wildman–Crippen MR) is 128 cm³/mol. The summed E-state index contributed by atoms with van der Waals surface area (Å²) in [5.41, 5.74) is 4.64. The molecule has 0 unspecified atom stereocenters. The summed E-state index contributed by atoms with van der Waals surface area (Å²) in [5, 5.41) is 4.82. The SMILES string of the molecule is Cc1ccc(-c2nn(Cc3ccccc3)cc2C(=O)N2CCN(c3ncccn3)CC2)cc1. The molecule has 1 saturated heterocycles. The molecule has 2 aromatic heterocycles. The highest BCUT2D eigenvalue weighted by molar-refractivity contribution is 6.00. The fraction of sp³-hybridized carbons (Fsp3) is 0.231. The van der Waals surface area contributed by atoms with E-state index < -0.39 is 0 Å². The van der Waals surface area contributed by atoms with Crippen molar-refractivity contribution in [1.82, 2.24) is 24.6 Å². The Labute approximate surface area is 193 Å². The van der Waals surface area contributed by atoms with Crippen LogP contribution in [0.1, 0.15) is 21.5 Å². The maximum Gasteiger partial charge on any atom is 0.257 e. The number of hydrogen-bond acceptors (Lipinski definition) is 5. The molecule has 1 amide bonds. The molecule has 4 aromatic rings. The van der Waals surface area contributed by atoms with Gasteiger partial charge in [0.15, 0.2) is 0 Å². The van der Waals surface area contributed by atoms with E-state index >= 15 is 0 Å². The van der Waals surface area contributed by atoms with Gasteiger partial charge in [0.25, 0.3) is 5.91 Å². The lowest BCUT2D eigenvalue weighted by molar-refractivity contribution is 0.0747. The van der Waals surface area contributed by atoms with Crippen LogP contribution in [0.3, 0.4) is 0 Å². The average Bonchev–Trinajstić information content (AvgIpc) is 3.29. The van der Waals surface area contributed by atoms with Gasteiger partial charge >= 0.3 is 0 Å². The third-order valence-corrected chi connectivity index (χ3v) is 5.91. The Morgan fingerprint density at radius 2 is 1.58 bits per heavy atom. The van der Waals surface area contributed by atoms with Gasteiger partial charge in [-0.2, -0.15) is 5.10 Å². The number of anilines is 1. The lowest BCUT2D eigenvalue weighted by atomic mass is 10.1. The van der Waals surface area contributed by atoms with Crippen LogP contribution in [0.4, 0.5) is 5.95 Å². The number of carbonyl (C=O) groups excluding carboxylic acids is 1.